The van der Waals surface area contributed by atoms with Crippen LogP contribution in [0.15, 0.2) is 12.1 Å². The van der Waals surface area contributed by atoms with Crippen molar-refractivity contribution in [2.75, 3.05) is 6.54 Å². The maximum atomic E-state index is 13.1. The van der Waals surface area contributed by atoms with Gasteiger partial charge in [0.25, 0.3) is 0 Å². The number of hydrogen-bond acceptors (Lipinski definition) is 4. The number of fused-ring (bicyclic) bond motifs is 2. The quantitative estimate of drug-likeness (QED) is 0.899. The number of aromatic amines is 1. The van der Waals surface area contributed by atoms with Gasteiger partial charge in [-0.3, -0.25) is 14.5 Å². The molecule has 1 saturated carbocycles. The molecule has 1 aliphatic carbocycles. The van der Waals surface area contributed by atoms with Gasteiger partial charge in [0.1, 0.15) is 12.2 Å². The Hall–Kier alpha value is -2.21. The van der Waals surface area contributed by atoms with Crippen molar-refractivity contribution >= 4 is 22.8 Å². The summed E-state index contributed by atoms with van der Waals surface area (Å²) in [7, 11) is 0. The summed E-state index contributed by atoms with van der Waals surface area (Å²) in [5.74, 6) is -0.309. The second-order valence-corrected chi connectivity index (χ2v) is 6.79. The molecule has 0 radical (unpaired) electrons. The van der Waals surface area contributed by atoms with Crippen LogP contribution < -0.4 is 0 Å². The van der Waals surface area contributed by atoms with Crippen LogP contribution in [0.25, 0.3) is 11.0 Å². The van der Waals surface area contributed by atoms with Gasteiger partial charge in [0.15, 0.2) is 5.78 Å². The lowest BCUT2D eigenvalue weighted by molar-refractivity contribution is -0.136. The van der Waals surface area contributed by atoms with Crippen molar-refractivity contribution in [1.29, 1.82) is 0 Å². The number of rotatable bonds is 4. The lowest BCUT2D eigenvalue weighted by atomic mass is 9.97. The number of aromatic nitrogens is 2. The van der Waals surface area contributed by atoms with E-state index in [1.807, 2.05) is 12.1 Å². The number of ketones is 1. The number of nitrogens with zero attached hydrogens (tertiary/aromatic N) is 2. The molecule has 1 atom stereocenters. The monoisotopic (exact) mass is 327 g/mol. The molecular formula is C18H21N3O3. The molecule has 24 heavy (non-hydrogen) atoms. The second-order valence-electron chi connectivity index (χ2n) is 6.79. The number of H-pyrrole nitrogens is 1. The Morgan fingerprint density at radius 1 is 1.42 bits per heavy atom. The highest BCUT2D eigenvalue weighted by Crippen LogP contribution is 2.34. The standard InChI is InChI=1S/C18H21N3O3/c1-2-15-18(24)12-8-14-13(19-16(20-14)9-17(22)23)7-10(12)5-6-21(15)11-3-4-11/h7-8,11,15H,2-6,9H2,1H3,(H,19,20)(H,22,23). The van der Waals surface area contributed by atoms with Gasteiger partial charge in [-0.05, 0) is 43.4 Å². The van der Waals surface area contributed by atoms with E-state index < -0.39 is 5.97 Å². The summed E-state index contributed by atoms with van der Waals surface area (Å²) in [6, 6.07) is 4.34. The largest absolute Gasteiger partial charge is 0.481 e. The Morgan fingerprint density at radius 2 is 2.21 bits per heavy atom. The molecule has 0 amide bonds. The van der Waals surface area contributed by atoms with E-state index >= 15 is 0 Å². The van der Waals surface area contributed by atoms with E-state index in [0.717, 1.165) is 36.0 Å². The van der Waals surface area contributed by atoms with Crippen molar-refractivity contribution in [3.05, 3.63) is 29.1 Å². The number of hydrogen-bond donors (Lipinski definition) is 2. The van der Waals surface area contributed by atoms with E-state index in [0.29, 0.717) is 17.4 Å². The van der Waals surface area contributed by atoms with Crippen LogP contribution in [-0.2, 0) is 17.6 Å². The van der Waals surface area contributed by atoms with Crippen molar-refractivity contribution in [2.24, 2.45) is 0 Å². The summed E-state index contributed by atoms with van der Waals surface area (Å²) in [4.78, 5) is 33.7. The third-order valence-corrected chi connectivity index (χ3v) is 5.08. The van der Waals surface area contributed by atoms with Crippen molar-refractivity contribution < 1.29 is 14.7 Å². The Labute approximate surface area is 139 Å². The number of aliphatic carboxylic acids is 1. The number of carbonyl (C=O) groups is 2. The lowest BCUT2D eigenvalue weighted by Crippen LogP contribution is -2.41. The van der Waals surface area contributed by atoms with Crippen LogP contribution in [0.1, 0.15) is 47.9 Å². The van der Waals surface area contributed by atoms with Crippen LogP contribution in [0.4, 0.5) is 0 Å². The predicted octanol–water partition coefficient (Wildman–Crippen LogP) is 2.17. The Bertz CT molecular complexity index is 822. The fourth-order valence-corrected chi connectivity index (χ4v) is 3.82. The molecule has 0 spiro atoms. The summed E-state index contributed by atoms with van der Waals surface area (Å²) < 4.78 is 0. The van der Waals surface area contributed by atoms with Gasteiger partial charge in [0, 0.05) is 18.2 Å². The SMILES string of the molecule is CCC1C(=O)c2cc3nc(CC(=O)O)[nH]c3cc2CCN1C1CC1. The summed E-state index contributed by atoms with van der Waals surface area (Å²) in [6.45, 7) is 2.98. The highest BCUT2D eigenvalue weighted by Gasteiger charge is 2.38. The summed E-state index contributed by atoms with van der Waals surface area (Å²) in [5.41, 5.74) is 3.28. The minimum absolute atomic E-state index is 0.0476. The minimum Gasteiger partial charge on any atom is -0.481 e. The number of benzene rings is 1. The van der Waals surface area contributed by atoms with Gasteiger partial charge < -0.3 is 10.1 Å². The summed E-state index contributed by atoms with van der Waals surface area (Å²) in [6.07, 6.45) is 3.91. The molecule has 1 aromatic heterocycles. The van der Waals surface area contributed by atoms with E-state index in [2.05, 4.69) is 21.8 Å². The van der Waals surface area contributed by atoms with Crippen molar-refractivity contribution in [2.45, 2.75) is 51.1 Å². The van der Waals surface area contributed by atoms with Crippen molar-refractivity contribution in [3.8, 4) is 0 Å². The van der Waals surface area contributed by atoms with E-state index in [4.69, 9.17) is 5.11 Å². The normalized spacial score (nSPS) is 21.7. The molecule has 6 heteroatoms. The Morgan fingerprint density at radius 3 is 2.88 bits per heavy atom. The molecule has 0 bridgehead atoms. The average molecular weight is 327 g/mol. The van der Waals surface area contributed by atoms with E-state index in [-0.39, 0.29) is 18.2 Å². The number of Topliss-reactive ketones (excluding diaryl/α,β-unsaturated/α-hetero) is 1. The van der Waals surface area contributed by atoms with Crippen LogP contribution in [0.3, 0.4) is 0 Å². The summed E-state index contributed by atoms with van der Waals surface area (Å²) >= 11 is 0. The molecule has 4 rings (SSSR count). The third kappa shape index (κ3) is 2.60. The maximum absolute atomic E-state index is 13.1. The topological polar surface area (TPSA) is 86.3 Å². The highest BCUT2D eigenvalue weighted by atomic mass is 16.4. The molecule has 2 aromatic rings. The number of carboxylic acid groups (broad SMARTS) is 1. The molecule has 1 unspecified atom stereocenters. The minimum atomic E-state index is -0.919. The molecule has 1 fully saturated rings. The molecule has 0 saturated heterocycles. The maximum Gasteiger partial charge on any atom is 0.311 e. The first-order valence-electron chi connectivity index (χ1n) is 8.60. The first-order valence-corrected chi connectivity index (χ1v) is 8.60. The first-order chi connectivity index (χ1) is 11.6. The number of carbonyl (C=O) groups excluding carboxylic acids is 1. The summed E-state index contributed by atoms with van der Waals surface area (Å²) in [5, 5.41) is 8.92. The third-order valence-electron chi connectivity index (χ3n) is 5.08. The van der Waals surface area contributed by atoms with Crippen LogP contribution in [0.5, 0.6) is 0 Å². The van der Waals surface area contributed by atoms with E-state index in [1.165, 1.54) is 12.8 Å². The Kier molecular flexibility index (Phi) is 3.64. The van der Waals surface area contributed by atoms with Crippen molar-refractivity contribution in [1.82, 2.24) is 14.9 Å². The van der Waals surface area contributed by atoms with Crippen LogP contribution in [0.2, 0.25) is 0 Å². The van der Waals surface area contributed by atoms with Crippen LogP contribution in [0, 0.1) is 0 Å². The molecule has 2 N–H and O–H groups in total. The van der Waals surface area contributed by atoms with Gasteiger partial charge in [0.05, 0.1) is 17.1 Å². The second kappa shape index (κ2) is 5.70. The molecule has 6 nitrogen and oxygen atoms in total. The molecule has 1 aliphatic heterocycles. The first kappa shape index (κ1) is 15.3. The zero-order chi connectivity index (χ0) is 16.8. The highest BCUT2D eigenvalue weighted by molar-refractivity contribution is 6.04. The van der Waals surface area contributed by atoms with Gasteiger partial charge >= 0.3 is 5.97 Å². The number of carboxylic acids is 1. The van der Waals surface area contributed by atoms with Crippen LogP contribution >= 0.6 is 0 Å². The number of nitrogens with one attached hydrogen (secondary N) is 1. The van der Waals surface area contributed by atoms with E-state index in [9.17, 15) is 9.59 Å². The average Bonchev–Trinajstić information content (AvgIpc) is 3.30. The van der Waals surface area contributed by atoms with Gasteiger partial charge in [-0.25, -0.2) is 4.98 Å². The number of imidazole rings is 1. The molecular weight excluding hydrogens is 306 g/mol. The fraction of sp³-hybridized carbons (Fsp3) is 0.500. The zero-order valence-corrected chi connectivity index (χ0v) is 13.7. The molecule has 126 valence electrons. The van der Waals surface area contributed by atoms with E-state index in [1.54, 1.807) is 0 Å². The Balaban J connectivity index is 1.74. The van der Waals surface area contributed by atoms with Crippen molar-refractivity contribution in [3.63, 3.8) is 0 Å². The lowest BCUT2D eigenvalue weighted by Gasteiger charge is -2.27. The van der Waals surface area contributed by atoms with Gasteiger partial charge in [-0.1, -0.05) is 6.92 Å². The van der Waals surface area contributed by atoms with Gasteiger partial charge in [-0.15, -0.1) is 0 Å². The smallest absolute Gasteiger partial charge is 0.311 e. The van der Waals surface area contributed by atoms with Gasteiger partial charge in [0.2, 0.25) is 0 Å². The molecule has 1 aromatic carbocycles. The molecule has 2 aliphatic rings. The fourth-order valence-electron chi connectivity index (χ4n) is 3.82. The zero-order valence-electron chi connectivity index (χ0n) is 13.7. The predicted molar refractivity (Wildman–Crippen MR) is 89.3 cm³/mol. The van der Waals surface area contributed by atoms with Crippen LogP contribution in [-0.4, -0.2) is 50.4 Å². The molecule has 2 heterocycles. The van der Waals surface area contributed by atoms with Gasteiger partial charge in [-0.2, -0.15) is 0 Å².